The van der Waals surface area contributed by atoms with E-state index in [0.717, 1.165) is 17.9 Å². The van der Waals surface area contributed by atoms with Crippen LogP contribution < -0.4 is 5.32 Å². The molecule has 2 nitrogen and oxygen atoms in total. The van der Waals surface area contributed by atoms with E-state index < -0.39 is 0 Å². The molecular formula is C16H32N2. The molecule has 1 aliphatic heterocycles. The van der Waals surface area contributed by atoms with Crippen LogP contribution in [-0.2, 0) is 0 Å². The smallest absolute Gasteiger partial charge is 0.00684 e. The summed E-state index contributed by atoms with van der Waals surface area (Å²) in [4.78, 5) is 2.69. The van der Waals surface area contributed by atoms with Crippen LogP contribution in [0, 0.1) is 17.3 Å². The fourth-order valence-corrected chi connectivity index (χ4v) is 3.15. The van der Waals surface area contributed by atoms with E-state index in [4.69, 9.17) is 0 Å². The van der Waals surface area contributed by atoms with Gasteiger partial charge in [-0.1, -0.05) is 27.7 Å². The molecule has 2 rings (SSSR count). The SMILES string of the molecule is CC(C)C1CCN(CC(C)(C)CNC2CC2)CC1. The van der Waals surface area contributed by atoms with Gasteiger partial charge in [-0.25, -0.2) is 0 Å². The van der Waals surface area contributed by atoms with E-state index in [9.17, 15) is 0 Å². The minimum absolute atomic E-state index is 0.424. The lowest BCUT2D eigenvalue weighted by molar-refractivity contribution is 0.112. The molecule has 1 N–H and O–H groups in total. The average molecular weight is 252 g/mol. The predicted octanol–water partition coefficient (Wildman–Crippen LogP) is 3.13. The highest BCUT2D eigenvalue weighted by Gasteiger charge is 2.29. The fourth-order valence-electron chi connectivity index (χ4n) is 3.15. The van der Waals surface area contributed by atoms with Gasteiger partial charge < -0.3 is 10.2 Å². The van der Waals surface area contributed by atoms with Crippen molar-refractivity contribution in [1.82, 2.24) is 10.2 Å². The van der Waals surface area contributed by atoms with Gasteiger partial charge in [-0.05, 0) is 56.0 Å². The molecular weight excluding hydrogens is 220 g/mol. The monoisotopic (exact) mass is 252 g/mol. The number of nitrogens with one attached hydrogen (secondary N) is 1. The molecule has 0 atom stereocenters. The van der Waals surface area contributed by atoms with Crippen LogP contribution in [0.4, 0.5) is 0 Å². The molecule has 0 radical (unpaired) electrons. The fraction of sp³-hybridized carbons (Fsp3) is 1.00. The van der Waals surface area contributed by atoms with E-state index in [-0.39, 0.29) is 0 Å². The van der Waals surface area contributed by atoms with Crippen LogP contribution in [0.1, 0.15) is 53.4 Å². The summed E-state index contributed by atoms with van der Waals surface area (Å²) in [6, 6.07) is 0.843. The third-order valence-corrected chi connectivity index (χ3v) is 4.67. The molecule has 0 bridgehead atoms. The Kier molecular flexibility index (Phi) is 4.71. The zero-order valence-corrected chi connectivity index (χ0v) is 12.8. The topological polar surface area (TPSA) is 15.3 Å². The zero-order valence-electron chi connectivity index (χ0n) is 12.8. The number of hydrogen-bond acceptors (Lipinski definition) is 2. The summed E-state index contributed by atoms with van der Waals surface area (Å²) >= 11 is 0. The van der Waals surface area contributed by atoms with Crippen molar-refractivity contribution in [3.63, 3.8) is 0 Å². The highest BCUT2D eigenvalue weighted by molar-refractivity contribution is 4.86. The Balaban J connectivity index is 1.68. The van der Waals surface area contributed by atoms with Gasteiger partial charge in [0.1, 0.15) is 0 Å². The zero-order chi connectivity index (χ0) is 13.2. The summed E-state index contributed by atoms with van der Waals surface area (Å²) in [5, 5.41) is 3.69. The van der Waals surface area contributed by atoms with E-state index in [1.54, 1.807) is 0 Å². The Morgan fingerprint density at radius 2 is 1.72 bits per heavy atom. The number of piperidine rings is 1. The summed E-state index contributed by atoms with van der Waals surface area (Å²) in [5.74, 6) is 1.84. The third kappa shape index (κ3) is 4.55. The van der Waals surface area contributed by atoms with Crippen molar-refractivity contribution >= 4 is 0 Å². The molecule has 2 fully saturated rings. The summed E-state index contributed by atoms with van der Waals surface area (Å²) in [6.07, 6.45) is 5.61. The van der Waals surface area contributed by atoms with Crippen LogP contribution >= 0.6 is 0 Å². The summed E-state index contributed by atoms with van der Waals surface area (Å²) < 4.78 is 0. The van der Waals surface area contributed by atoms with Gasteiger partial charge in [0.25, 0.3) is 0 Å². The summed E-state index contributed by atoms with van der Waals surface area (Å²) in [7, 11) is 0. The van der Waals surface area contributed by atoms with Crippen molar-refractivity contribution in [2.45, 2.75) is 59.4 Å². The normalized spacial score (nSPS) is 23.8. The molecule has 0 amide bonds. The first-order valence-corrected chi connectivity index (χ1v) is 7.92. The molecule has 0 spiro atoms. The van der Waals surface area contributed by atoms with E-state index >= 15 is 0 Å². The highest BCUT2D eigenvalue weighted by atomic mass is 15.1. The number of hydrogen-bond donors (Lipinski definition) is 1. The number of nitrogens with zero attached hydrogens (tertiary/aromatic N) is 1. The van der Waals surface area contributed by atoms with E-state index in [1.165, 1.54) is 51.9 Å². The van der Waals surface area contributed by atoms with Crippen molar-refractivity contribution in [2.24, 2.45) is 17.3 Å². The lowest BCUT2D eigenvalue weighted by Crippen LogP contribution is -2.44. The molecule has 1 saturated heterocycles. The first kappa shape index (κ1) is 14.3. The third-order valence-electron chi connectivity index (χ3n) is 4.67. The molecule has 2 heteroatoms. The lowest BCUT2D eigenvalue weighted by Gasteiger charge is -2.38. The van der Waals surface area contributed by atoms with Crippen LogP contribution in [0.25, 0.3) is 0 Å². The maximum absolute atomic E-state index is 3.69. The van der Waals surface area contributed by atoms with Crippen LogP contribution in [0.3, 0.4) is 0 Å². The molecule has 18 heavy (non-hydrogen) atoms. The van der Waals surface area contributed by atoms with Crippen molar-refractivity contribution in [3.8, 4) is 0 Å². The molecule has 1 heterocycles. The Morgan fingerprint density at radius 1 is 1.11 bits per heavy atom. The van der Waals surface area contributed by atoms with Gasteiger partial charge in [0.2, 0.25) is 0 Å². The molecule has 0 aromatic heterocycles. The maximum atomic E-state index is 3.69. The maximum Gasteiger partial charge on any atom is 0.00684 e. The lowest BCUT2D eigenvalue weighted by atomic mass is 9.85. The minimum atomic E-state index is 0.424. The number of rotatable bonds is 6. The second-order valence-electron chi connectivity index (χ2n) is 7.68. The van der Waals surface area contributed by atoms with E-state index in [0.29, 0.717) is 5.41 Å². The van der Waals surface area contributed by atoms with Gasteiger partial charge in [-0.3, -0.25) is 0 Å². The number of likely N-dealkylation sites (tertiary alicyclic amines) is 1. The quantitative estimate of drug-likeness (QED) is 0.781. The molecule has 1 aliphatic carbocycles. The van der Waals surface area contributed by atoms with Crippen molar-refractivity contribution in [2.75, 3.05) is 26.2 Å². The second kappa shape index (κ2) is 5.92. The van der Waals surface area contributed by atoms with Gasteiger partial charge >= 0.3 is 0 Å². The van der Waals surface area contributed by atoms with Gasteiger partial charge in [-0.2, -0.15) is 0 Å². The predicted molar refractivity (Wildman–Crippen MR) is 78.8 cm³/mol. The largest absolute Gasteiger partial charge is 0.313 e. The molecule has 0 aromatic rings. The first-order valence-electron chi connectivity index (χ1n) is 7.92. The van der Waals surface area contributed by atoms with Gasteiger partial charge in [0.05, 0.1) is 0 Å². The van der Waals surface area contributed by atoms with Gasteiger partial charge in [-0.15, -0.1) is 0 Å². The molecule has 0 unspecified atom stereocenters. The van der Waals surface area contributed by atoms with Crippen LogP contribution in [0.15, 0.2) is 0 Å². The van der Waals surface area contributed by atoms with Crippen LogP contribution in [0.5, 0.6) is 0 Å². The average Bonchev–Trinajstić information content (AvgIpc) is 3.10. The summed E-state index contributed by atoms with van der Waals surface area (Å²) in [5.41, 5.74) is 0.424. The first-order chi connectivity index (χ1) is 8.46. The van der Waals surface area contributed by atoms with Crippen LogP contribution in [0.2, 0.25) is 0 Å². The van der Waals surface area contributed by atoms with Gasteiger partial charge in [0, 0.05) is 19.1 Å². The Morgan fingerprint density at radius 3 is 2.22 bits per heavy atom. The molecule has 2 aliphatic rings. The minimum Gasteiger partial charge on any atom is -0.313 e. The Labute approximate surface area is 114 Å². The van der Waals surface area contributed by atoms with Crippen molar-refractivity contribution in [1.29, 1.82) is 0 Å². The van der Waals surface area contributed by atoms with Crippen LogP contribution in [-0.4, -0.2) is 37.1 Å². The Bertz CT molecular complexity index is 248. The highest BCUT2D eigenvalue weighted by Crippen LogP contribution is 2.27. The molecule has 1 saturated carbocycles. The standard InChI is InChI=1S/C16H32N2/c1-13(2)14-7-9-18(10-8-14)12-16(3,4)11-17-15-5-6-15/h13-15,17H,5-12H2,1-4H3. The van der Waals surface area contributed by atoms with Crippen molar-refractivity contribution < 1.29 is 0 Å². The van der Waals surface area contributed by atoms with E-state index in [1.807, 2.05) is 0 Å². The summed E-state index contributed by atoms with van der Waals surface area (Å²) in [6.45, 7) is 14.7. The van der Waals surface area contributed by atoms with E-state index in [2.05, 4.69) is 37.9 Å². The van der Waals surface area contributed by atoms with Crippen molar-refractivity contribution in [3.05, 3.63) is 0 Å². The Hall–Kier alpha value is -0.0800. The van der Waals surface area contributed by atoms with Gasteiger partial charge in [0.15, 0.2) is 0 Å². The second-order valence-corrected chi connectivity index (χ2v) is 7.68. The molecule has 0 aromatic carbocycles. The molecule has 106 valence electrons.